The molecule has 9 nitrogen and oxygen atoms in total. The van der Waals surface area contributed by atoms with E-state index in [0.29, 0.717) is 13.0 Å². The molecule has 1 aliphatic heterocycles. The number of aliphatic hydroxyl groups excluding tert-OH is 1. The van der Waals surface area contributed by atoms with Crippen LogP contribution >= 0.6 is 0 Å². The van der Waals surface area contributed by atoms with E-state index >= 15 is 0 Å². The van der Waals surface area contributed by atoms with Crippen molar-refractivity contribution in [1.29, 1.82) is 0 Å². The molecule has 180 valence electrons. The van der Waals surface area contributed by atoms with Gasteiger partial charge in [0.15, 0.2) is 0 Å². The van der Waals surface area contributed by atoms with E-state index in [-0.39, 0.29) is 30.0 Å². The molecule has 0 aliphatic carbocycles. The fourth-order valence-corrected chi connectivity index (χ4v) is 4.70. The lowest BCUT2D eigenvalue weighted by atomic mass is 10.0. The van der Waals surface area contributed by atoms with Gasteiger partial charge in [0, 0.05) is 18.3 Å². The van der Waals surface area contributed by atoms with E-state index in [9.17, 15) is 9.90 Å². The summed E-state index contributed by atoms with van der Waals surface area (Å²) in [6.45, 7) is 8.61. The van der Waals surface area contributed by atoms with Crippen molar-refractivity contribution < 1.29 is 9.90 Å². The smallest absolute Gasteiger partial charge is 0.237 e. The summed E-state index contributed by atoms with van der Waals surface area (Å²) in [4.78, 5) is 15.2. The Morgan fingerprint density at radius 3 is 2.50 bits per heavy atom. The first kappa shape index (κ1) is 24.0. The molecule has 3 heterocycles. The van der Waals surface area contributed by atoms with Crippen molar-refractivity contribution in [2.45, 2.75) is 64.9 Å². The number of rotatable bonds is 8. The number of aliphatic hydroxyl groups is 1. The van der Waals surface area contributed by atoms with E-state index in [1.54, 1.807) is 17.1 Å². The molecule has 0 saturated carbocycles. The van der Waals surface area contributed by atoms with Gasteiger partial charge >= 0.3 is 0 Å². The lowest BCUT2D eigenvalue weighted by Gasteiger charge is -2.36. The Hall–Kier alpha value is -3.17. The molecule has 1 fully saturated rings. The third-order valence-electron chi connectivity index (χ3n) is 6.54. The Bertz CT molecular complexity index is 1080. The molecule has 1 amide bonds. The van der Waals surface area contributed by atoms with Crippen molar-refractivity contribution in [3.8, 4) is 11.1 Å². The molecule has 2 aromatic heterocycles. The van der Waals surface area contributed by atoms with Crippen LogP contribution in [-0.2, 0) is 4.79 Å². The monoisotopic (exact) mass is 463 g/mol. The molecule has 1 aromatic carbocycles. The number of hydrogen-bond donors (Lipinski definition) is 2. The van der Waals surface area contributed by atoms with Crippen molar-refractivity contribution in [1.82, 2.24) is 35.4 Å². The summed E-state index contributed by atoms with van der Waals surface area (Å²) in [5.74, 6) is 0.0529. The topological polar surface area (TPSA) is 109 Å². The van der Waals surface area contributed by atoms with Crippen molar-refractivity contribution >= 4 is 5.91 Å². The summed E-state index contributed by atoms with van der Waals surface area (Å²) in [6, 6.07) is 9.16. The molecular formula is C25H33N7O2. The normalized spacial score (nSPS) is 19.2. The lowest BCUT2D eigenvalue weighted by Crippen LogP contribution is -2.51. The highest BCUT2D eigenvalue weighted by Gasteiger charge is 2.40. The van der Waals surface area contributed by atoms with Gasteiger partial charge in [-0.15, -0.1) is 5.10 Å². The maximum atomic E-state index is 13.3. The highest BCUT2D eigenvalue weighted by atomic mass is 16.3. The van der Waals surface area contributed by atoms with Crippen LogP contribution in [0.4, 0.5) is 0 Å². The highest BCUT2D eigenvalue weighted by molar-refractivity contribution is 5.82. The Kier molecular flexibility index (Phi) is 7.33. The predicted octanol–water partition coefficient (Wildman–Crippen LogP) is 2.90. The van der Waals surface area contributed by atoms with E-state index in [0.717, 1.165) is 28.8 Å². The average Bonchev–Trinajstić information content (AvgIpc) is 3.49. The number of carbonyl (C=O) groups excluding carboxylic acids is 1. The van der Waals surface area contributed by atoms with E-state index in [1.807, 2.05) is 69.1 Å². The first-order chi connectivity index (χ1) is 16.3. The summed E-state index contributed by atoms with van der Waals surface area (Å²) in [5, 5.41) is 30.5. The summed E-state index contributed by atoms with van der Waals surface area (Å²) in [5.41, 5.74) is 3.86. The van der Waals surface area contributed by atoms with Gasteiger partial charge in [-0.1, -0.05) is 43.3 Å². The van der Waals surface area contributed by atoms with Crippen LogP contribution in [0.3, 0.4) is 0 Å². The van der Waals surface area contributed by atoms with Gasteiger partial charge in [0.25, 0.3) is 0 Å². The number of aryl methyl sites for hydroxylation is 1. The van der Waals surface area contributed by atoms with Gasteiger partial charge in [0.05, 0.1) is 36.2 Å². The van der Waals surface area contributed by atoms with Crippen LogP contribution in [0.5, 0.6) is 0 Å². The quantitative estimate of drug-likeness (QED) is 0.529. The predicted molar refractivity (Wildman–Crippen MR) is 128 cm³/mol. The van der Waals surface area contributed by atoms with Crippen LogP contribution in [-0.4, -0.2) is 59.9 Å². The van der Waals surface area contributed by atoms with Crippen molar-refractivity contribution in [3.63, 3.8) is 0 Å². The van der Waals surface area contributed by atoms with Crippen LogP contribution in [0.25, 0.3) is 11.1 Å². The third-order valence-corrected chi connectivity index (χ3v) is 6.54. The highest BCUT2D eigenvalue weighted by Crippen LogP contribution is 2.30. The Labute approximate surface area is 200 Å². The van der Waals surface area contributed by atoms with Gasteiger partial charge in [-0.2, -0.15) is 10.2 Å². The van der Waals surface area contributed by atoms with E-state index in [2.05, 4.69) is 25.8 Å². The van der Waals surface area contributed by atoms with Crippen LogP contribution < -0.4 is 5.32 Å². The molecule has 1 unspecified atom stereocenters. The van der Waals surface area contributed by atoms with Gasteiger partial charge in [0.1, 0.15) is 6.23 Å². The van der Waals surface area contributed by atoms with Gasteiger partial charge in [-0.3, -0.25) is 9.69 Å². The maximum Gasteiger partial charge on any atom is 0.237 e. The summed E-state index contributed by atoms with van der Waals surface area (Å²) >= 11 is 0. The average molecular weight is 464 g/mol. The number of likely N-dealkylation sites (tertiary alicyclic amines) is 1. The zero-order valence-corrected chi connectivity index (χ0v) is 20.2. The molecule has 9 heteroatoms. The summed E-state index contributed by atoms with van der Waals surface area (Å²) in [6.07, 6.45) is 5.98. The minimum absolute atomic E-state index is 0.0660. The number of carbonyl (C=O) groups is 1. The van der Waals surface area contributed by atoms with Crippen molar-refractivity contribution in [3.05, 3.63) is 60.2 Å². The second kappa shape index (κ2) is 10.4. The Morgan fingerprint density at radius 2 is 1.88 bits per heavy atom. The number of aromatic nitrogens is 5. The zero-order chi connectivity index (χ0) is 24.2. The summed E-state index contributed by atoms with van der Waals surface area (Å²) < 4.78 is 1.72. The standard InChI is InChI=1S/C25H33N7O2/c1-16(2)23(32-15-17(3)29-30-32)25(34)31-13-5-6-22(31)24(33)28-18(4)19-7-9-20(10-8-19)21-11-12-26-27-14-21/h7-12,14-16,18,22-23,25,34H,5-6,13H2,1-4H3,(H,28,33)/t18-,22-,23-,25?/m0/s1. The van der Waals surface area contributed by atoms with Crippen LogP contribution in [0.1, 0.15) is 57.0 Å². The molecule has 0 radical (unpaired) electrons. The molecule has 2 N–H and O–H groups in total. The lowest BCUT2D eigenvalue weighted by molar-refractivity contribution is -0.133. The fraction of sp³-hybridized carbons (Fsp3) is 0.480. The van der Waals surface area contributed by atoms with E-state index in [1.165, 1.54) is 0 Å². The molecular weight excluding hydrogens is 430 g/mol. The van der Waals surface area contributed by atoms with Crippen molar-refractivity contribution in [2.75, 3.05) is 6.54 Å². The third kappa shape index (κ3) is 5.15. The van der Waals surface area contributed by atoms with E-state index < -0.39 is 6.23 Å². The fourth-order valence-electron chi connectivity index (χ4n) is 4.70. The summed E-state index contributed by atoms with van der Waals surface area (Å²) in [7, 11) is 0. The minimum Gasteiger partial charge on any atom is -0.376 e. The second-order valence-electron chi connectivity index (χ2n) is 9.37. The largest absolute Gasteiger partial charge is 0.376 e. The Balaban J connectivity index is 1.43. The molecule has 0 spiro atoms. The molecule has 4 atom stereocenters. The van der Waals surface area contributed by atoms with Crippen molar-refractivity contribution in [2.24, 2.45) is 5.92 Å². The molecule has 0 bridgehead atoms. The molecule has 4 rings (SSSR count). The van der Waals surface area contributed by atoms with E-state index in [4.69, 9.17) is 0 Å². The molecule has 1 aliphatic rings. The number of nitrogens with zero attached hydrogens (tertiary/aromatic N) is 6. The number of amides is 1. The molecule has 3 aromatic rings. The van der Waals surface area contributed by atoms with Gasteiger partial charge in [-0.05, 0) is 49.8 Å². The Morgan fingerprint density at radius 1 is 1.12 bits per heavy atom. The van der Waals surface area contributed by atoms with Crippen LogP contribution in [0.15, 0.2) is 48.9 Å². The first-order valence-corrected chi connectivity index (χ1v) is 11.8. The van der Waals surface area contributed by atoms with Gasteiger partial charge in [0.2, 0.25) is 5.91 Å². The van der Waals surface area contributed by atoms with Gasteiger partial charge < -0.3 is 10.4 Å². The van der Waals surface area contributed by atoms with Gasteiger partial charge in [-0.25, -0.2) is 4.68 Å². The minimum atomic E-state index is -0.831. The zero-order valence-electron chi connectivity index (χ0n) is 20.2. The number of benzene rings is 1. The van der Waals surface area contributed by atoms with Crippen LogP contribution in [0, 0.1) is 12.8 Å². The maximum absolute atomic E-state index is 13.3. The molecule has 34 heavy (non-hydrogen) atoms. The SMILES string of the molecule is Cc1cn([C@@H](C(C)C)C(O)N2CCC[C@H]2C(=O)N[C@@H](C)c2ccc(-c3ccnnc3)cc2)nn1. The number of nitrogens with one attached hydrogen (secondary N) is 1. The molecule has 1 saturated heterocycles. The first-order valence-electron chi connectivity index (χ1n) is 11.8. The second-order valence-corrected chi connectivity index (χ2v) is 9.37. The number of hydrogen-bond acceptors (Lipinski definition) is 7. The van der Waals surface area contributed by atoms with Crippen LogP contribution in [0.2, 0.25) is 0 Å².